The molecule has 0 saturated heterocycles. The summed E-state index contributed by atoms with van der Waals surface area (Å²) in [6.45, 7) is 3.63. The van der Waals surface area contributed by atoms with Crippen molar-refractivity contribution >= 4 is 10.4 Å². The van der Waals surface area contributed by atoms with Gasteiger partial charge < -0.3 is 14.0 Å². The normalized spacial score (nSPS) is 11.8. The van der Waals surface area contributed by atoms with Crippen molar-refractivity contribution in [2.75, 3.05) is 33.0 Å². The van der Waals surface area contributed by atoms with E-state index >= 15 is 0 Å². The molecule has 0 aromatic carbocycles. The Bertz CT molecular complexity index is 457. The van der Waals surface area contributed by atoms with Crippen LogP contribution in [0.25, 0.3) is 0 Å². The van der Waals surface area contributed by atoms with Crippen LogP contribution in [0.15, 0.2) is 12.2 Å². The average Bonchev–Trinajstić information content (AvgIpc) is 2.67. The van der Waals surface area contributed by atoms with E-state index in [1.807, 2.05) is 0 Å². The molecule has 0 radical (unpaired) electrons. The van der Waals surface area contributed by atoms with E-state index in [1.165, 1.54) is 83.5 Å². The molecule has 0 aromatic heterocycles. The number of allylic oxidation sites excluding steroid dienone is 2. The van der Waals surface area contributed by atoms with Crippen LogP contribution in [0.1, 0.15) is 96.8 Å². The van der Waals surface area contributed by atoms with Crippen LogP contribution in [-0.4, -0.2) is 46.0 Å². The Balaban J connectivity index is 0. The Morgan fingerprint density at radius 2 is 1.07 bits per heavy atom. The van der Waals surface area contributed by atoms with Gasteiger partial charge in [0.05, 0.1) is 26.4 Å². The van der Waals surface area contributed by atoms with E-state index in [0.29, 0.717) is 13.2 Å². The third-order valence-corrected chi connectivity index (χ3v) is 5.08. The quantitative estimate of drug-likeness (QED) is 0.0769. The van der Waals surface area contributed by atoms with Gasteiger partial charge >= 0.3 is 29.6 Å². The second-order valence-corrected chi connectivity index (χ2v) is 8.45. The molecule has 0 atom stereocenters. The second-order valence-electron chi connectivity index (χ2n) is 7.39. The van der Waals surface area contributed by atoms with E-state index in [1.54, 1.807) is 0 Å². The van der Waals surface area contributed by atoms with Gasteiger partial charge in [0, 0.05) is 6.61 Å². The number of unbranched alkanes of at least 4 members (excludes halogenated alkanes) is 12. The smallest absolute Gasteiger partial charge is 0.726 e. The van der Waals surface area contributed by atoms with Crippen LogP contribution in [0.5, 0.6) is 0 Å². The topological polar surface area (TPSA) is 84.9 Å². The van der Waals surface area contributed by atoms with Gasteiger partial charge in [0.2, 0.25) is 10.4 Å². The fraction of sp³-hybridized carbons (Fsp3) is 0.909. The summed E-state index contributed by atoms with van der Waals surface area (Å²) in [5.74, 6) is 0. The summed E-state index contributed by atoms with van der Waals surface area (Å²) in [6, 6.07) is 0. The minimum atomic E-state index is -4.62. The SMILES string of the molecule is CCCCCCCCC=CCCCCCCCCOCCOCCOS(=O)(=O)[O-].[Na+]. The van der Waals surface area contributed by atoms with Crippen molar-refractivity contribution in [3.8, 4) is 0 Å². The van der Waals surface area contributed by atoms with E-state index in [-0.39, 0.29) is 42.8 Å². The summed E-state index contributed by atoms with van der Waals surface area (Å²) in [5.41, 5.74) is 0. The Kier molecular flexibility index (Phi) is 28.1. The van der Waals surface area contributed by atoms with Crippen molar-refractivity contribution in [1.29, 1.82) is 0 Å². The molecule has 174 valence electrons. The first-order chi connectivity index (χ1) is 14.1. The maximum absolute atomic E-state index is 10.2. The van der Waals surface area contributed by atoms with Crippen LogP contribution in [-0.2, 0) is 24.1 Å². The Labute approximate surface area is 207 Å². The summed E-state index contributed by atoms with van der Waals surface area (Å²) < 4.78 is 45.1. The molecule has 0 unspecified atom stereocenters. The maximum Gasteiger partial charge on any atom is 1.00 e. The number of hydrogen-bond donors (Lipinski definition) is 0. The Morgan fingerprint density at radius 3 is 1.60 bits per heavy atom. The van der Waals surface area contributed by atoms with E-state index in [2.05, 4.69) is 23.3 Å². The van der Waals surface area contributed by atoms with Crippen molar-refractivity contribution in [1.82, 2.24) is 0 Å². The van der Waals surface area contributed by atoms with Crippen LogP contribution in [0, 0.1) is 0 Å². The van der Waals surface area contributed by atoms with Gasteiger partial charge in [-0.15, -0.1) is 0 Å². The van der Waals surface area contributed by atoms with E-state index < -0.39 is 10.4 Å². The van der Waals surface area contributed by atoms with E-state index in [9.17, 15) is 13.0 Å². The standard InChI is InChI=1S/C22H44O6S.Na/c1-2-3-4-5-6-7-8-9-10-11-12-13-14-15-16-17-18-26-19-20-27-21-22-28-29(23,24)25;/h9-10H,2-8,11-22H2,1H3,(H,23,24,25);/q;+1/p-1. The summed E-state index contributed by atoms with van der Waals surface area (Å²) in [4.78, 5) is 0. The number of hydrogen-bond acceptors (Lipinski definition) is 6. The first kappa shape index (κ1) is 32.7. The molecule has 0 aliphatic heterocycles. The zero-order valence-corrected chi connectivity index (χ0v) is 22.3. The van der Waals surface area contributed by atoms with Crippen molar-refractivity contribution < 1.29 is 56.2 Å². The van der Waals surface area contributed by atoms with Gasteiger partial charge in [-0.1, -0.05) is 76.9 Å². The zero-order valence-electron chi connectivity index (χ0n) is 19.4. The molecule has 6 nitrogen and oxygen atoms in total. The first-order valence-corrected chi connectivity index (χ1v) is 12.8. The van der Waals surface area contributed by atoms with Crippen LogP contribution in [0.3, 0.4) is 0 Å². The van der Waals surface area contributed by atoms with Crippen LogP contribution in [0.2, 0.25) is 0 Å². The van der Waals surface area contributed by atoms with Gasteiger partial charge in [-0.3, -0.25) is 4.18 Å². The summed E-state index contributed by atoms with van der Waals surface area (Å²) >= 11 is 0. The van der Waals surface area contributed by atoms with E-state index in [4.69, 9.17) is 9.47 Å². The molecule has 0 aliphatic carbocycles. The van der Waals surface area contributed by atoms with Gasteiger partial charge in [0.15, 0.2) is 0 Å². The molecule has 0 spiro atoms. The Hall–Kier alpha value is 0.530. The number of rotatable bonds is 23. The van der Waals surface area contributed by atoms with Crippen LogP contribution < -0.4 is 29.6 Å². The minimum absolute atomic E-state index is 0. The second kappa shape index (κ2) is 25.8. The van der Waals surface area contributed by atoms with Crippen molar-refractivity contribution in [2.45, 2.75) is 96.8 Å². The van der Waals surface area contributed by atoms with Crippen molar-refractivity contribution in [3.63, 3.8) is 0 Å². The van der Waals surface area contributed by atoms with Gasteiger partial charge in [-0.05, 0) is 32.1 Å². The zero-order chi connectivity index (χ0) is 21.5. The molecule has 8 heteroatoms. The average molecular weight is 459 g/mol. The molecule has 0 rings (SSSR count). The van der Waals surface area contributed by atoms with Gasteiger partial charge in [0.25, 0.3) is 0 Å². The number of ether oxygens (including phenoxy) is 2. The molecule has 0 fully saturated rings. The predicted octanol–water partition coefficient (Wildman–Crippen LogP) is 2.54. The maximum atomic E-state index is 10.2. The van der Waals surface area contributed by atoms with Gasteiger partial charge in [0.1, 0.15) is 0 Å². The third-order valence-electron chi connectivity index (χ3n) is 4.63. The monoisotopic (exact) mass is 458 g/mol. The molecule has 0 aromatic rings. The molecule has 0 amide bonds. The largest absolute Gasteiger partial charge is 1.00 e. The molecular formula is C22H43NaO6S. The molecule has 0 bridgehead atoms. The molecule has 0 saturated carbocycles. The molecule has 0 aliphatic rings. The minimum Gasteiger partial charge on any atom is -0.726 e. The van der Waals surface area contributed by atoms with Crippen molar-refractivity contribution in [2.24, 2.45) is 0 Å². The van der Waals surface area contributed by atoms with Crippen LogP contribution >= 0.6 is 0 Å². The Morgan fingerprint density at radius 1 is 0.633 bits per heavy atom. The molecule has 30 heavy (non-hydrogen) atoms. The van der Waals surface area contributed by atoms with Gasteiger partial charge in [-0.25, -0.2) is 8.42 Å². The summed E-state index contributed by atoms with van der Waals surface area (Å²) in [7, 11) is -4.62. The molecule has 0 heterocycles. The van der Waals surface area contributed by atoms with Crippen LogP contribution in [0.4, 0.5) is 0 Å². The summed E-state index contributed by atoms with van der Waals surface area (Å²) in [5, 5.41) is 0. The fourth-order valence-corrected chi connectivity index (χ4v) is 3.24. The van der Waals surface area contributed by atoms with Gasteiger partial charge in [-0.2, -0.15) is 0 Å². The molecular weight excluding hydrogens is 415 g/mol. The predicted molar refractivity (Wildman–Crippen MR) is 117 cm³/mol. The van der Waals surface area contributed by atoms with Crippen molar-refractivity contribution in [3.05, 3.63) is 12.2 Å². The third kappa shape index (κ3) is 30.7. The summed E-state index contributed by atoms with van der Waals surface area (Å²) in [6.07, 6.45) is 22.8. The van der Waals surface area contributed by atoms with E-state index in [0.717, 1.165) is 13.0 Å². The molecule has 0 N–H and O–H groups in total. The first-order valence-electron chi connectivity index (χ1n) is 11.5. The fourth-order valence-electron chi connectivity index (χ4n) is 2.97.